The summed E-state index contributed by atoms with van der Waals surface area (Å²) in [5.41, 5.74) is 0.668. The summed E-state index contributed by atoms with van der Waals surface area (Å²) in [6.07, 6.45) is 0.490. The molecule has 0 saturated carbocycles. The number of carbonyl (C=O) groups is 1. The molecule has 0 spiro atoms. The zero-order valence-electron chi connectivity index (χ0n) is 8.01. The van der Waals surface area contributed by atoms with Crippen LogP contribution in [0.2, 0.25) is 10.0 Å². The minimum Gasteiger partial charge on any atom is -0.310 e. The summed E-state index contributed by atoms with van der Waals surface area (Å²) in [7, 11) is 0. The summed E-state index contributed by atoms with van der Waals surface area (Å²) in [5, 5.41) is 1.07. The van der Waals surface area contributed by atoms with Gasteiger partial charge < -0.3 is 4.90 Å². The van der Waals surface area contributed by atoms with E-state index in [0.29, 0.717) is 28.7 Å². The molecule has 0 aromatic heterocycles. The maximum Gasteiger partial charge on any atom is 0.228 e. The van der Waals surface area contributed by atoms with Crippen molar-refractivity contribution in [2.45, 2.75) is 11.2 Å². The molecule has 16 heavy (non-hydrogen) atoms. The Labute approximate surface area is 120 Å². The average molecular weight is 388 g/mol. The van der Waals surface area contributed by atoms with Crippen molar-refractivity contribution in [2.24, 2.45) is 0 Å². The Morgan fingerprint density at radius 1 is 1.31 bits per heavy atom. The summed E-state index contributed by atoms with van der Waals surface area (Å²) in [6.45, 7) is 0.622. The van der Waals surface area contributed by atoms with Crippen molar-refractivity contribution in [2.75, 3.05) is 11.4 Å². The van der Waals surface area contributed by atoms with Crippen LogP contribution in [0.1, 0.15) is 6.42 Å². The van der Waals surface area contributed by atoms with Crippen LogP contribution in [0, 0.1) is 0 Å². The zero-order chi connectivity index (χ0) is 11.9. The van der Waals surface area contributed by atoms with Crippen LogP contribution in [0.5, 0.6) is 0 Å². The van der Waals surface area contributed by atoms with Crippen molar-refractivity contribution in [1.82, 2.24) is 0 Å². The summed E-state index contributed by atoms with van der Waals surface area (Å²) in [6, 6.07) is 3.41. The fraction of sp³-hybridized carbons (Fsp3) is 0.300. The van der Waals surface area contributed by atoms with Gasteiger partial charge in [0.15, 0.2) is 0 Å². The molecular weight excluding hydrogens is 381 g/mol. The first-order valence-electron chi connectivity index (χ1n) is 4.58. The molecule has 1 amide bonds. The lowest BCUT2D eigenvalue weighted by atomic mass is 10.3. The second-order valence-electron chi connectivity index (χ2n) is 3.52. The van der Waals surface area contributed by atoms with Gasteiger partial charge in [0.1, 0.15) is 0 Å². The first kappa shape index (κ1) is 12.7. The molecule has 1 atom stereocenters. The average Bonchev–Trinajstić information content (AvgIpc) is 2.51. The highest BCUT2D eigenvalue weighted by molar-refractivity contribution is 9.10. The number of benzene rings is 1. The van der Waals surface area contributed by atoms with Crippen LogP contribution in [-0.2, 0) is 4.79 Å². The van der Waals surface area contributed by atoms with E-state index in [9.17, 15) is 4.79 Å². The molecule has 1 saturated heterocycles. The molecule has 1 aliphatic rings. The van der Waals surface area contributed by atoms with Gasteiger partial charge >= 0.3 is 0 Å². The summed E-state index contributed by atoms with van der Waals surface area (Å²) in [5.74, 6) is 0.0576. The van der Waals surface area contributed by atoms with Crippen LogP contribution in [0.4, 0.5) is 5.69 Å². The number of rotatable bonds is 1. The Balaban J connectivity index is 2.41. The zero-order valence-corrected chi connectivity index (χ0v) is 12.7. The normalized spacial score (nSPS) is 20.6. The molecule has 1 heterocycles. The van der Waals surface area contributed by atoms with E-state index in [0.717, 1.165) is 4.47 Å². The second-order valence-corrected chi connectivity index (χ2v) is 6.49. The standard InChI is InChI=1S/C10H7Br2Cl2NO/c11-5-1-10(16)15(4-5)9-3-7(13)6(12)2-8(9)14/h2-3,5H,1,4H2. The highest BCUT2D eigenvalue weighted by Crippen LogP contribution is 2.37. The largest absolute Gasteiger partial charge is 0.310 e. The van der Waals surface area contributed by atoms with E-state index in [4.69, 9.17) is 23.2 Å². The second kappa shape index (κ2) is 4.84. The number of hydrogen-bond donors (Lipinski definition) is 0. The van der Waals surface area contributed by atoms with Crippen molar-refractivity contribution >= 4 is 66.7 Å². The highest BCUT2D eigenvalue weighted by atomic mass is 79.9. The van der Waals surface area contributed by atoms with Crippen LogP contribution in [0.15, 0.2) is 16.6 Å². The molecule has 0 N–H and O–H groups in total. The lowest BCUT2D eigenvalue weighted by Gasteiger charge is -2.18. The summed E-state index contributed by atoms with van der Waals surface area (Å²) < 4.78 is 0.727. The molecule has 6 heteroatoms. The van der Waals surface area contributed by atoms with Crippen LogP contribution >= 0.6 is 55.1 Å². The lowest BCUT2D eigenvalue weighted by molar-refractivity contribution is -0.117. The molecular formula is C10H7Br2Cl2NO. The van der Waals surface area contributed by atoms with Gasteiger partial charge in [0, 0.05) is 22.3 Å². The van der Waals surface area contributed by atoms with Crippen LogP contribution in [0.25, 0.3) is 0 Å². The van der Waals surface area contributed by atoms with Crippen molar-refractivity contribution in [3.8, 4) is 0 Å². The fourth-order valence-corrected chi connectivity index (χ4v) is 3.08. The molecule has 1 aromatic rings. The van der Waals surface area contributed by atoms with Gasteiger partial charge in [-0.25, -0.2) is 0 Å². The number of nitrogens with zero attached hydrogens (tertiary/aromatic N) is 1. The molecule has 1 fully saturated rings. The maximum absolute atomic E-state index is 11.7. The Morgan fingerprint density at radius 2 is 2.00 bits per heavy atom. The van der Waals surface area contributed by atoms with Crippen molar-refractivity contribution < 1.29 is 4.79 Å². The molecule has 1 aromatic carbocycles. The van der Waals surface area contributed by atoms with E-state index in [2.05, 4.69) is 31.9 Å². The van der Waals surface area contributed by atoms with Gasteiger partial charge in [-0.3, -0.25) is 4.79 Å². The van der Waals surface area contributed by atoms with Gasteiger partial charge in [0.25, 0.3) is 0 Å². The predicted octanol–water partition coefficient (Wildman–Crippen LogP) is 4.26. The smallest absolute Gasteiger partial charge is 0.228 e. The van der Waals surface area contributed by atoms with E-state index >= 15 is 0 Å². The topological polar surface area (TPSA) is 20.3 Å². The number of halogens is 4. The third kappa shape index (κ3) is 2.40. The quantitative estimate of drug-likeness (QED) is 0.521. The first-order chi connectivity index (χ1) is 7.49. The van der Waals surface area contributed by atoms with Gasteiger partial charge in [0.05, 0.1) is 15.7 Å². The van der Waals surface area contributed by atoms with Crippen molar-refractivity contribution in [3.05, 3.63) is 26.7 Å². The minimum absolute atomic E-state index is 0.0576. The Kier molecular flexibility index (Phi) is 3.84. The summed E-state index contributed by atoms with van der Waals surface area (Å²) >= 11 is 18.8. The predicted molar refractivity (Wildman–Crippen MR) is 73.8 cm³/mol. The summed E-state index contributed by atoms with van der Waals surface area (Å²) in [4.78, 5) is 13.5. The molecule has 0 radical (unpaired) electrons. The van der Waals surface area contributed by atoms with Gasteiger partial charge in [-0.05, 0) is 28.1 Å². The van der Waals surface area contributed by atoms with Crippen LogP contribution < -0.4 is 4.90 Å². The van der Waals surface area contributed by atoms with Gasteiger partial charge in [-0.1, -0.05) is 39.1 Å². The Hall–Kier alpha value is 0.230. The van der Waals surface area contributed by atoms with Gasteiger partial charge in [-0.15, -0.1) is 0 Å². The minimum atomic E-state index is 0.0576. The first-order valence-corrected chi connectivity index (χ1v) is 7.04. The van der Waals surface area contributed by atoms with Crippen LogP contribution in [-0.4, -0.2) is 17.3 Å². The van der Waals surface area contributed by atoms with Crippen molar-refractivity contribution in [3.63, 3.8) is 0 Å². The molecule has 1 aliphatic heterocycles. The SMILES string of the molecule is O=C1CC(Br)CN1c1cc(Cl)c(Br)cc1Cl. The molecule has 0 bridgehead atoms. The number of alkyl halides is 1. The van der Waals surface area contributed by atoms with Crippen molar-refractivity contribution in [1.29, 1.82) is 0 Å². The number of amides is 1. The van der Waals surface area contributed by atoms with E-state index < -0.39 is 0 Å². The Morgan fingerprint density at radius 3 is 2.56 bits per heavy atom. The Bertz CT molecular complexity index is 453. The maximum atomic E-state index is 11.7. The molecule has 0 aliphatic carbocycles. The third-order valence-corrected chi connectivity index (χ3v) is 4.47. The van der Waals surface area contributed by atoms with E-state index in [1.165, 1.54) is 0 Å². The number of anilines is 1. The number of hydrogen-bond acceptors (Lipinski definition) is 1. The molecule has 2 nitrogen and oxygen atoms in total. The van der Waals surface area contributed by atoms with E-state index in [1.54, 1.807) is 17.0 Å². The highest BCUT2D eigenvalue weighted by Gasteiger charge is 2.30. The molecule has 2 rings (SSSR count). The fourth-order valence-electron chi connectivity index (χ4n) is 1.62. The number of carbonyl (C=O) groups excluding carboxylic acids is 1. The molecule has 86 valence electrons. The molecule has 1 unspecified atom stereocenters. The third-order valence-electron chi connectivity index (χ3n) is 2.36. The van der Waals surface area contributed by atoms with Gasteiger partial charge in [0.2, 0.25) is 5.91 Å². The monoisotopic (exact) mass is 385 g/mol. The van der Waals surface area contributed by atoms with E-state index in [1.807, 2.05) is 0 Å². The van der Waals surface area contributed by atoms with Gasteiger partial charge in [-0.2, -0.15) is 0 Å². The van der Waals surface area contributed by atoms with E-state index in [-0.39, 0.29) is 10.7 Å². The van der Waals surface area contributed by atoms with Crippen LogP contribution in [0.3, 0.4) is 0 Å². The lowest BCUT2D eigenvalue weighted by Crippen LogP contribution is -2.24.